The van der Waals surface area contributed by atoms with Gasteiger partial charge >= 0.3 is 0 Å². The Morgan fingerprint density at radius 1 is 1.21 bits per heavy atom. The van der Waals surface area contributed by atoms with Crippen molar-refractivity contribution in [2.24, 2.45) is 0 Å². The minimum atomic E-state index is -0.796. The lowest BCUT2D eigenvalue weighted by atomic mass is 9.99. The van der Waals surface area contributed by atoms with Crippen LogP contribution in [0.5, 0.6) is 0 Å². The Balaban J connectivity index is 2.41. The van der Waals surface area contributed by atoms with Crippen molar-refractivity contribution in [3.63, 3.8) is 0 Å². The second kappa shape index (κ2) is 5.97. The van der Waals surface area contributed by atoms with Crippen LogP contribution in [0, 0.1) is 18.6 Å². The highest BCUT2D eigenvalue weighted by Crippen LogP contribution is 2.27. The van der Waals surface area contributed by atoms with Crippen molar-refractivity contribution in [1.82, 2.24) is 5.32 Å². The van der Waals surface area contributed by atoms with E-state index in [1.165, 1.54) is 6.26 Å². The van der Waals surface area contributed by atoms with E-state index in [-0.39, 0.29) is 0 Å². The first-order valence-corrected chi connectivity index (χ1v) is 6.35. The molecule has 0 aliphatic heterocycles. The van der Waals surface area contributed by atoms with Crippen LogP contribution in [0.15, 0.2) is 35.1 Å². The van der Waals surface area contributed by atoms with Gasteiger partial charge in [-0.3, -0.25) is 0 Å². The van der Waals surface area contributed by atoms with Gasteiger partial charge in [0.2, 0.25) is 0 Å². The molecule has 2 aromatic rings. The molecule has 1 heterocycles. The summed E-state index contributed by atoms with van der Waals surface area (Å²) in [5, 5.41) is 3.21. The molecule has 1 aromatic carbocycles. The van der Waals surface area contributed by atoms with Crippen LogP contribution < -0.4 is 5.32 Å². The fourth-order valence-electron chi connectivity index (χ4n) is 2.02. The molecule has 0 spiro atoms. The van der Waals surface area contributed by atoms with Gasteiger partial charge in [0.25, 0.3) is 0 Å². The Hall–Kier alpha value is -1.68. The van der Waals surface area contributed by atoms with Gasteiger partial charge in [-0.1, -0.05) is 19.1 Å². The standard InChI is InChI=1S/C15H17F2NO/c1-3-7-18-15(11-6-8-19-9-11)12-5-4-10(2)13(16)14(12)17/h4-6,8-9,15,18H,3,7H2,1-2H3. The summed E-state index contributed by atoms with van der Waals surface area (Å²) in [5.74, 6) is -1.58. The molecule has 0 saturated carbocycles. The number of hydrogen-bond acceptors (Lipinski definition) is 2. The summed E-state index contributed by atoms with van der Waals surface area (Å²) >= 11 is 0. The lowest BCUT2D eigenvalue weighted by Crippen LogP contribution is -2.24. The molecule has 0 bridgehead atoms. The van der Waals surface area contributed by atoms with Crippen molar-refractivity contribution in [3.8, 4) is 0 Å². The maximum absolute atomic E-state index is 14.1. The van der Waals surface area contributed by atoms with Gasteiger partial charge in [-0.25, -0.2) is 8.78 Å². The van der Waals surface area contributed by atoms with E-state index in [1.54, 1.807) is 31.4 Å². The Bertz CT molecular complexity index is 537. The molecule has 0 aliphatic rings. The smallest absolute Gasteiger partial charge is 0.164 e. The lowest BCUT2D eigenvalue weighted by molar-refractivity contribution is 0.474. The first-order chi connectivity index (χ1) is 9.15. The summed E-state index contributed by atoms with van der Waals surface area (Å²) in [6.45, 7) is 4.28. The van der Waals surface area contributed by atoms with Crippen molar-refractivity contribution in [1.29, 1.82) is 0 Å². The van der Waals surface area contributed by atoms with Crippen molar-refractivity contribution >= 4 is 0 Å². The van der Waals surface area contributed by atoms with Gasteiger partial charge in [0.05, 0.1) is 18.6 Å². The van der Waals surface area contributed by atoms with Crippen molar-refractivity contribution in [3.05, 3.63) is 59.1 Å². The topological polar surface area (TPSA) is 25.2 Å². The van der Waals surface area contributed by atoms with E-state index in [2.05, 4.69) is 5.32 Å². The SMILES string of the molecule is CCCNC(c1ccoc1)c1ccc(C)c(F)c1F. The summed E-state index contributed by atoms with van der Waals surface area (Å²) in [6.07, 6.45) is 3.98. The molecule has 2 nitrogen and oxygen atoms in total. The number of hydrogen-bond donors (Lipinski definition) is 1. The number of aryl methyl sites for hydroxylation is 1. The average Bonchev–Trinajstić information content (AvgIpc) is 2.92. The minimum absolute atomic E-state index is 0.304. The molecular formula is C15H17F2NO. The summed E-state index contributed by atoms with van der Waals surface area (Å²) in [6, 6.07) is 4.57. The molecule has 1 aromatic heterocycles. The molecule has 0 radical (unpaired) electrons. The molecule has 0 aliphatic carbocycles. The zero-order chi connectivity index (χ0) is 13.8. The van der Waals surface area contributed by atoms with Gasteiger partial charge < -0.3 is 9.73 Å². The van der Waals surface area contributed by atoms with E-state index in [1.807, 2.05) is 6.92 Å². The van der Waals surface area contributed by atoms with Gasteiger partial charge in [0, 0.05) is 11.1 Å². The van der Waals surface area contributed by atoms with Crippen LogP contribution in [0.2, 0.25) is 0 Å². The normalized spacial score (nSPS) is 12.6. The number of benzene rings is 1. The van der Waals surface area contributed by atoms with Crippen LogP contribution in [0.25, 0.3) is 0 Å². The highest BCUT2D eigenvalue weighted by Gasteiger charge is 2.21. The second-order valence-corrected chi connectivity index (χ2v) is 4.54. The van der Waals surface area contributed by atoms with Gasteiger partial charge in [0.15, 0.2) is 11.6 Å². The van der Waals surface area contributed by atoms with E-state index in [4.69, 9.17) is 4.42 Å². The number of halogens is 2. The highest BCUT2D eigenvalue weighted by molar-refractivity contribution is 5.34. The first-order valence-electron chi connectivity index (χ1n) is 6.35. The third-order valence-electron chi connectivity index (χ3n) is 3.09. The quantitative estimate of drug-likeness (QED) is 0.885. The molecule has 4 heteroatoms. The van der Waals surface area contributed by atoms with Crippen LogP contribution in [0.4, 0.5) is 8.78 Å². The van der Waals surface area contributed by atoms with Gasteiger partial charge in [-0.15, -0.1) is 0 Å². The Kier molecular flexibility index (Phi) is 4.32. The van der Waals surface area contributed by atoms with E-state index < -0.39 is 17.7 Å². The van der Waals surface area contributed by atoms with Gasteiger partial charge in [-0.05, 0) is 31.5 Å². The monoisotopic (exact) mass is 265 g/mol. The average molecular weight is 265 g/mol. The molecule has 2 rings (SSSR count). The third-order valence-corrected chi connectivity index (χ3v) is 3.09. The van der Waals surface area contributed by atoms with Gasteiger partial charge in [0.1, 0.15) is 0 Å². The zero-order valence-corrected chi connectivity index (χ0v) is 11.0. The number of nitrogens with one attached hydrogen (secondary N) is 1. The molecule has 1 atom stereocenters. The summed E-state index contributed by atoms with van der Waals surface area (Å²) in [5.41, 5.74) is 1.40. The van der Waals surface area contributed by atoms with Gasteiger partial charge in [-0.2, -0.15) is 0 Å². The van der Waals surface area contributed by atoms with E-state index >= 15 is 0 Å². The lowest BCUT2D eigenvalue weighted by Gasteiger charge is -2.19. The second-order valence-electron chi connectivity index (χ2n) is 4.54. The zero-order valence-electron chi connectivity index (χ0n) is 11.0. The summed E-state index contributed by atoms with van der Waals surface area (Å²) in [4.78, 5) is 0. The Labute approximate surface area is 111 Å². The summed E-state index contributed by atoms with van der Waals surface area (Å²) in [7, 11) is 0. The maximum Gasteiger partial charge on any atom is 0.164 e. The highest BCUT2D eigenvalue weighted by atomic mass is 19.2. The third kappa shape index (κ3) is 2.84. The molecule has 0 amide bonds. The number of rotatable bonds is 5. The molecular weight excluding hydrogens is 248 g/mol. The van der Waals surface area contributed by atoms with Crippen LogP contribution in [0.1, 0.15) is 36.1 Å². The molecule has 1 N–H and O–H groups in total. The maximum atomic E-state index is 14.1. The first kappa shape index (κ1) is 13.7. The predicted octanol–water partition coefficient (Wildman–Crippen LogP) is 3.96. The van der Waals surface area contributed by atoms with E-state index in [0.717, 1.165) is 12.0 Å². The fraction of sp³-hybridized carbons (Fsp3) is 0.333. The minimum Gasteiger partial charge on any atom is -0.472 e. The van der Waals surface area contributed by atoms with Crippen molar-refractivity contribution < 1.29 is 13.2 Å². The van der Waals surface area contributed by atoms with Crippen LogP contribution >= 0.6 is 0 Å². The molecule has 0 fully saturated rings. The summed E-state index contributed by atoms with van der Waals surface area (Å²) < 4.78 is 32.8. The van der Waals surface area contributed by atoms with Crippen LogP contribution in [-0.2, 0) is 0 Å². The van der Waals surface area contributed by atoms with E-state index in [9.17, 15) is 8.78 Å². The predicted molar refractivity (Wildman–Crippen MR) is 69.9 cm³/mol. The van der Waals surface area contributed by atoms with Crippen molar-refractivity contribution in [2.45, 2.75) is 26.3 Å². The van der Waals surface area contributed by atoms with E-state index in [0.29, 0.717) is 17.7 Å². The van der Waals surface area contributed by atoms with Crippen LogP contribution in [-0.4, -0.2) is 6.54 Å². The molecule has 19 heavy (non-hydrogen) atoms. The fourth-order valence-corrected chi connectivity index (χ4v) is 2.02. The Morgan fingerprint density at radius 3 is 2.63 bits per heavy atom. The molecule has 102 valence electrons. The molecule has 0 saturated heterocycles. The molecule has 1 unspecified atom stereocenters. The Morgan fingerprint density at radius 2 is 2.00 bits per heavy atom. The largest absolute Gasteiger partial charge is 0.472 e. The van der Waals surface area contributed by atoms with Crippen molar-refractivity contribution in [2.75, 3.05) is 6.54 Å². The van der Waals surface area contributed by atoms with Crippen LogP contribution in [0.3, 0.4) is 0 Å². The number of furan rings is 1.